The number of anilines is 3. The lowest BCUT2D eigenvalue weighted by Crippen LogP contribution is -2.30. The Morgan fingerprint density at radius 3 is 1.31 bits per heavy atom. The van der Waals surface area contributed by atoms with Gasteiger partial charge in [-0.05, 0) is 103 Å². The Hall–Kier alpha value is -6.58. The molecule has 0 bridgehead atoms. The van der Waals surface area contributed by atoms with E-state index >= 15 is 0 Å². The molecular weight excluding hydrogens is 1080 g/mol. The van der Waals surface area contributed by atoms with Crippen molar-refractivity contribution in [1.29, 1.82) is 0 Å². The van der Waals surface area contributed by atoms with Crippen LogP contribution in [0.5, 0.6) is 0 Å². The Balaban J connectivity index is 0.000000249. The molecule has 23 heteroatoms. The number of hydrogen-bond donors (Lipinski definition) is 5. The number of carbonyl (C=O) groups excluding carboxylic acids is 2. The molecule has 8 rings (SSSR count). The minimum atomic E-state index is -1.48. The molecule has 0 saturated heterocycles. The largest absolute Gasteiger partial charge is 0.489 e. The fraction of sp³-hybridized carbons (Fsp3) is 0.0833. The first kappa shape index (κ1) is 58.7. The van der Waals surface area contributed by atoms with Crippen molar-refractivity contribution >= 4 is 104 Å². The molecule has 0 radical (unpaired) electrons. The summed E-state index contributed by atoms with van der Waals surface area (Å²) in [4.78, 5) is 45.7. The number of nitrogens with two attached hydrogens (primary N) is 2. The molecule has 5 aromatic carbocycles. The van der Waals surface area contributed by atoms with Crippen LogP contribution < -0.4 is 22.2 Å². The molecule has 368 valence electrons. The van der Waals surface area contributed by atoms with Crippen molar-refractivity contribution in [2.45, 2.75) is 28.2 Å². The molecule has 0 fully saturated rings. The predicted molar refractivity (Wildman–Crippen MR) is 277 cm³/mol. The zero-order chi connectivity index (χ0) is 51.7. The molecule has 0 aliphatic heterocycles. The maximum absolute atomic E-state index is 13.6. The van der Waals surface area contributed by atoms with Gasteiger partial charge in [0.2, 0.25) is 17.8 Å². The van der Waals surface area contributed by atoms with Crippen molar-refractivity contribution in [2.24, 2.45) is 0 Å². The Morgan fingerprint density at radius 1 is 0.577 bits per heavy atom. The van der Waals surface area contributed by atoms with Gasteiger partial charge in [-0.1, -0.05) is 95.3 Å². The molecule has 13 nitrogen and oxygen atoms in total. The van der Waals surface area contributed by atoms with Gasteiger partial charge in [-0.15, -0.1) is 0 Å². The lowest BCUT2D eigenvalue weighted by molar-refractivity contribution is 0.101. The van der Waals surface area contributed by atoms with Gasteiger partial charge in [0.15, 0.2) is 0 Å². The lowest BCUT2D eigenvalue weighted by atomic mass is 9.79. The number of nitrogen functional groups attached to an aromatic ring is 2. The maximum Gasteiger partial charge on any atom is 0.489 e. The number of carbonyl (C=O) groups is 2. The van der Waals surface area contributed by atoms with Crippen LogP contribution in [-0.4, -0.2) is 58.2 Å². The molecule has 0 saturated carbocycles. The van der Waals surface area contributed by atoms with E-state index in [1.165, 1.54) is 18.5 Å². The van der Waals surface area contributed by atoms with Crippen LogP contribution >= 0.6 is 62.3 Å². The molecular formula is C48H41BBrCl4F4N9O4. The summed E-state index contributed by atoms with van der Waals surface area (Å²) in [6, 6.07) is 22.7. The van der Waals surface area contributed by atoms with Crippen LogP contribution in [0.25, 0.3) is 22.3 Å². The van der Waals surface area contributed by atoms with Gasteiger partial charge in [0.05, 0.1) is 4.47 Å². The highest BCUT2D eigenvalue weighted by atomic mass is 79.9. The highest BCUT2D eigenvalue weighted by molar-refractivity contribution is 9.10. The van der Waals surface area contributed by atoms with Gasteiger partial charge < -0.3 is 21.5 Å². The molecule has 0 aliphatic carbocycles. The average molecular weight is 1120 g/mol. The molecule has 0 spiro atoms. The number of aromatic nitrogens is 6. The van der Waals surface area contributed by atoms with E-state index in [0.717, 1.165) is 68.2 Å². The number of amides is 1. The van der Waals surface area contributed by atoms with Gasteiger partial charge in [0, 0.05) is 80.0 Å². The summed E-state index contributed by atoms with van der Waals surface area (Å²) in [5, 5.41) is 20.4. The van der Waals surface area contributed by atoms with Crippen LogP contribution in [-0.2, 0) is 0 Å². The van der Waals surface area contributed by atoms with Crippen LogP contribution in [0.1, 0.15) is 44.8 Å². The molecule has 0 aliphatic rings. The lowest BCUT2D eigenvalue weighted by Gasteiger charge is -2.08. The predicted octanol–water partition coefficient (Wildman–Crippen LogP) is 11.5. The minimum Gasteiger partial charge on any atom is -0.423 e. The third-order valence-corrected chi connectivity index (χ3v) is 10.4. The number of aryl methyl sites for hydroxylation is 3. The van der Waals surface area contributed by atoms with Crippen LogP contribution in [0.3, 0.4) is 0 Å². The van der Waals surface area contributed by atoms with Crippen molar-refractivity contribution in [2.75, 3.05) is 16.8 Å². The van der Waals surface area contributed by atoms with Crippen molar-refractivity contribution in [1.82, 2.24) is 29.9 Å². The third-order valence-electron chi connectivity index (χ3n) is 8.83. The zero-order valence-corrected chi connectivity index (χ0v) is 41.3. The highest BCUT2D eigenvalue weighted by Crippen LogP contribution is 2.29. The van der Waals surface area contributed by atoms with Crippen molar-refractivity contribution in [3.05, 3.63) is 199 Å². The summed E-state index contributed by atoms with van der Waals surface area (Å²) in [5.74, 6) is -4.26. The second kappa shape index (κ2) is 28.3. The second-order valence-corrected chi connectivity index (χ2v) is 16.7. The summed E-state index contributed by atoms with van der Waals surface area (Å²) in [6.45, 7) is 5.80. The third kappa shape index (κ3) is 18.3. The van der Waals surface area contributed by atoms with E-state index in [2.05, 4.69) is 51.2 Å². The van der Waals surface area contributed by atoms with Crippen LogP contribution in [0.15, 0.2) is 133 Å². The van der Waals surface area contributed by atoms with Crippen LogP contribution in [0, 0.1) is 44.0 Å². The van der Waals surface area contributed by atoms with E-state index in [1.54, 1.807) is 43.0 Å². The molecule has 71 heavy (non-hydrogen) atoms. The molecule has 7 N–H and O–H groups in total. The summed E-state index contributed by atoms with van der Waals surface area (Å²) >= 11 is 26.0. The number of hydrogen-bond acceptors (Lipinski definition) is 12. The van der Waals surface area contributed by atoms with Crippen LogP contribution in [0.4, 0.5) is 35.4 Å². The topological polar surface area (TPSA) is 216 Å². The fourth-order valence-corrected chi connectivity index (χ4v) is 6.53. The maximum atomic E-state index is 13.6. The molecule has 3 heterocycles. The first-order valence-corrected chi connectivity index (χ1v) is 22.1. The average Bonchev–Trinajstić information content (AvgIpc) is 3.31. The fourth-order valence-electron chi connectivity index (χ4n) is 5.48. The highest BCUT2D eigenvalue weighted by Gasteiger charge is 2.19. The summed E-state index contributed by atoms with van der Waals surface area (Å²) in [6.07, 6.45) is 9.48. The summed E-state index contributed by atoms with van der Waals surface area (Å²) in [5.41, 5.74) is 15.9. The molecule has 3 aromatic heterocycles. The van der Waals surface area contributed by atoms with Crippen molar-refractivity contribution in [3.8, 4) is 22.3 Å². The van der Waals surface area contributed by atoms with E-state index in [9.17, 15) is 27.2 Å². The van der Waals surface area contributed by atoms with Gasteiger partial charge in [-0.2, -0.15) is 0 Å². The van der Waals surface area contributed by atoms with Crippen molar-refractivity contribution < 1.29 is 37.2 Å². The minimum absolute atomic E-state index is 0. The second-order valence-electron chi connectivity index (χ2n) is 14.2. The van der Waals surface area contributed by atoms with Gasteiger partial charge >= 0.3 is 7.12 Å². The van der Waals surface area contributed by atoms with E-state index in [1.807, 2.05) is 57.2 Å². The summed E-state index contributed by atoms with van der Waals surface area (Å²) < 4.78 is 53.2. The van der Waals surface area contributed by atoms with E-state index in [-0.39, 0.29) is 19.3 Å². The first-order chi connectivity index (χ1) is 33.1. The van der Waals surface area contributed by atoms with E-state index < -0.39 is 52.7 Å². The van der Waals surface area contributed by atoms with Gasteiger partial charge in [0.1, 0.15) is 34.4 Å². The Kier molecular flexibility index (Phi) is 23.4. The quantitative estimate of drug-likeness (QED) is 0.0597. The van der Waals surface area contributed by atoms with Crippen molar-refractivity contribution in [3.63, 3.8) is 0 Å². The van der Waals surface area contributed by atoms with Gasteiger partial charge in [-0.25, -0.2) is 47.5 Å². The standard InChI is InChI=1S/C18H12ClF2N3O.C11H10ClN3.C7H8BClO2.C7H3ClF2O.C4H4BrN3.CH4/c1-10-5-6-13(19)12(7-10)11-8-22-18(23-9-11)24-17(25)16-14(20)3-2-4-15(16)21;1-7-2-3-10(12)9(4-7)8-5-14-11(13)15-6-8;1-5-2-3-7(9)6(4-5)8(10)11;8-7(11)6-4(9)2-1-3-5(6)10;5-3-1-7-4(6)8-2-3;/h2-9H,1H3,(H,22,23,24,25);2-6H,1H3,(H2,13,14,15);2-4,10-11H,1H3;1-3H;1-2H,(H2,6,7,8);1H4. The van der Waals surface area contributed by atoms with E-state index in [0.29, 0.717) is 32.0 Å². The Bertz CT molecular complexity index is 3000. The number of nitrogens with zero attached hydrogens (tertiary/aromatic N) is 6. The molecule has 8 aromatic rings. The molecule has 1 amide bonds. The summed E-state index contributed by atoms with van der Waals surface area (Å²) in [7, 11) is -1.48. The monoisotopic (exact) mass is 1110 g/mol. The number of benzene rings is 5. The normalized spacial score (nSPS) is 9.94. The van der Waals surface area contributed by atoms with E-state index in [4.69, 9.17) is 67.9 Å². The smallest absolute Gasteiger partial charge is 0.423 e. The van der Waals surface area contributed by atoms with Crippen LogP contribution in [0.2, 0.25) is 15.1 Å². The van der Waals surface area contributed by atoms with Gasteiger partial charge in [-0.3, -0.25) is 14.9 Å². The molecule has 0 unspecified atom stereocenters. The SMILES string of the molecule is C.Cc1ccc(Cl)c(-c2cnc(N)nc2)c1.Cc1ccc(Cl)c(-c2cnc(NC(=O)c3c(F)cccc3F)nc2)c1.Cc1ccc(Cl)c(B(O)O)c1.Nc1ncc(Br)cn1.O=C(Cl)c1c(F)cccc1F. The zero-order valence-electron chi connectivity index (χ0n) is 36.7. The Morgan fingerprint density at radius 2 is 0.944 bits per heavy atom. The number of halogens is 9. The first-order valence-electron chi connectivity index (χ1n) is 19.8. The number of nitrogens with one attached hydrogen (secondary N) is 1. The Labute approximate surface area is 434 Å². The molecule has 0 atom stereocenters. The van der Waals surface area contributed by atoms with Gasteiger partial charge in [0.25, 0.3) is 11.1 Å². The number of rotatable bonds is 6.